The van der Waals surface area contributed by atoms with Gasteiger partial charge in [0, 0.05) is 6.54 Å². The summed E-state index contributed by atoms with van der Waals surface area (Å²) in [5.41, 5.74) is -0.658. The number of carbonyl (C=O) groups is 3. The Morgan fingerprint density at radius 1 is 1.39 bits per heavy atom. The first kappa shape index (κ1) is 19.6. The minimum absolute atomic E-state index is 0.352. The van der Waals surface area contributed by atoms with Crippen molar-refractivity contribution in [3.05, 3.63) is 0 Å². The predicted molar refractivity (Wildman–Crippen MR) is 88.5 cm³/mol. The summed E-state index contributed by atoms with van der Waals surface area (Å²) < 4.78 is 5.19. The second kappa shape index (κ2) is 8.42. The first-order valence-electron chi connectivity index (χ1n) is 7.67. The molecule has 1 aliphatic heterocycles. The molecule has 0 radical (unpaired) electrons. The van der Waals surface area contributed by atoms with Crippen molar-refractivity contribution < 1.29 is 24.2 Å². The molecule has 1 heterocycles. The van der Waals surface area contributed by atoms with E-state index in [1.807, 2.05) is 6.26 Å². The highest BCUT2D eigenvalue weighted by molar-refractivity contribution is 7.98. The van der Waals surface area contributed by atoms with E-state index in [9.17, 15) is 19.5 Å². The molecule has 0 saturated carbocycles. The molecule has 132 valence electrons. The van der Waals surface area contributed by atoms with Gasteiger partial charge in [-0.15, -0.1) is 0 Å². The largest absolute Gasteiger partial charge is 0.480 e. The second-order valence-electron chi connectivity index (χ2n) is 6.51. The van der Waals surface area contributed by atoms with Gasteiger partial charge in [-0.3, -0.25) is 4.79 Å². The third kappa shape index (κ3) is 6.29. The zero-order valence-corrected chi connectivity index (χ0v) is 14.9. The highest BCUT2D eigenvalue weighted by Gasteiger charge is 2.37. The summed E-state index contributed by atoms with van der Waals surface area (Å²) in [6.45, 7) is 5.63. The lowest BCUT2D eigenvalue weighted by Crippen LogP contribution is -2.52. The van der Waals surface area contributed by atoms with Crippen molar-refractivity contribution >= 4 is 29.7 Å². The quantitative estimate of drug-likeness (QED) is 0.760. The third-order valence-corrected chi connectivity index (χ3v) is 4.06. The maximum Gasteiger partial charge on any atom is 0.408 e. The molecular weight excluding hydrogens is 320 g/mol. The Bertz CT molecular complexity index is 450. The Kier molecular flexibility index (Phi) is 7.18. The summed E-state index contributed by atoms with van der Waals surface area (Å²) in [6.07, 6.45) is 2.78. The van der Waals surface area contributed by atoms with Crippen LogP contribution in [0, 0.1) is 0 Å². The molecule has 2 amide bonds. The predicted octanol–water partition coefficient (Wildman–Crippen LogP) is 1.71. The standard InChI is InChI=1S/C15H26N2O5S/c1-15(2,3)22-14(21)16-10(7-9-23-4)12(18)17-8-5-6-11(17)13(19)20/h10-11H,5-9H2,1-4H3,(H,16,21)(H,19,20)/t10-,11-/m0/s1. The SMILES string of the molecule is CSCC[C@H](NC(=O)OC(C)(C)C)C(=O)N1CCC[C@H]1C(=O)O. The molecule has 0 bridgehead atoms. The molecular formula is C15H26N2O5S. The van der Waals surface area contributed by atoms with Crippen LogP contribution in [0.4, 0.5) is 4.79 Å². The average Bonchev–Trinajstić information content (AvgIpc) is 2.90. The highest BCUT2D eigenvalue weighted by atomic mass is 32.2. The lowest BCUT2D eigenvalue weighted by atomic mass is 10.1. The smallest absolute Gasteiger partial charge is 0.408 e. The molecule has 2 N–H and O–H groups in total. The van der Waals surface area contributed by atoms with Crippen LogP contribution in [0.5, 0.6) is 0 Å². The summed E-state index contributed by atoms with van der Waals surface area (Å²) in [4.78, 5) is 37.2. The minimum atomic E-state index is -1.00. The van der Waals surface area contributed by atoms with Crippen molar-refractivity contribution in [1.82, 2.24) is 10.2 Å². The molecule has 1 aliphatic rings. The number of thioether (sulfide) groups is 1. The number of hydrogen-bond acceptors (Lipinski definition) is 5. The average molecular weight is 346 g/mol. The Hall–Kier alpha value is -1.44. The topological polar surface area (TPSA) is 95.9 Å². The Morgan fingerprint density at radius 2 is 2.04 bits per heavy atom. The summed E-state index contributed by atoms with van der Waals surface area (Å²) in [7, 11) is 0. The molecule has 23 heavy (non-hydrogen) atoms. The Morgan fingerprint density at radius 3 is 2.57 bits per heavy atom. The van der Waals surface area contributed by atoms with Crippen LogP contribution >= 0.6 is 11.8 Å². The van der Waals surface area contributed by atoms with E-state index in [2.05, 4.69) is 5.32 Å². The van der Waals surface area contributed by atoms with Crippen molar-refractivity contribution in [3.63, 3.8) is 0 Å². The van der Waals surface area contributed by atoms with Gasteiger partial charge < -0.3 is 20.1 Å². The van der Waals surface area contributed by atoms with Gasteiger partial charge in [0.05, 0.1) is 0 Å². The van der Waals surface area contributed by atoms with Gasteiger partial charge in [-0.2, -0.15) is 11.8 Å². The zero-order chi connectivity index (χ0) is 17.6. The van der Waals surface area contributed by atoms with E-state index in [1.165, 1.54) is 4.90 Å². The van der Waals surface area contributed by atoms with Gasteiger partial charge in [-0.05, 0) is 52.0 Å². The van der Waals surface area contributed by atoms with Crippen LogP contribution < -0.4 is 5.32 Å². The molecule has 1 rings (SSSR count). The monoisotopic (exact) mass is 346 g/mol. The lowest BCUT2D eigenvalue weighted by Gasteiger charge is -2.28. The normalized spacial score (nSPS) is 19.3. The summed E-state index contributed by atoms with van der Waals surface area (Å²) in [5.74, 6) is -0.677. The summed E-state index contributed by atoms with van der Waals surface area (Å²) >= 11 is 1.56. The first-order valence-corrected chi connectivity index (χ1v) is 9.07. The van der Waals surface area contributed by atoms with Crippen molar-refractivity contribution in [3.8, 4) is 0 Å². The van der Waals surface area contributed by atoms with E-state index in [0.717, 1.165) is 0 Å². The molecule has 0 aliphatic carbocycles. The maximum absolute atomic E-state index is 12.7. The van der Waals surface area contributed by atoms with Crippen LogP contribution in [0.2, 0.25) is 0 Å². The van der Waals surface area contributed by atoms with E-state index >= 15 is 0 Å². The Balaban J connectivity index is 2.78. The Labute approximate surface area is 141 Å². The van der Waals surface area contributed by atoms with Gasteiger partial charge in [0.1, 0.15) is 17.7 Å². The van der Waals surface area contributed by atoms with E-state index in [4.69, 9.17) is 4.74 Å². The molecule has 0 aromatic heterocycles. The maximum atomic E-state index is 12.7. The van der Waals surface area contributed by atoms with Crippen molar-refractivity contribution in [2.75, 3.05) is 18.6 Å². The number of ether oxygens (including phenoxy) is 1. The van der Waals surface area contributed by atoms with Gasteiger partial charge in [0.25, 0.3) is 0 Å². The van der Waals surface area contributed by atoms with E-state index < -0.39 is 29.7 Å². The summed E-state index contributed by atoms with van der Waals surface area (Å²) in [5, 5.41) is 11.8. The molecule has 0 aromatic rings. The lowest BCUT2D eigenvalue weighted by molar-refractivity contribution is -0.149. The number of carboxylic acids is 1. The number of nitrogens with one attached hydrogen (secondary N) is 1. The van der Waals surface area contributed by atoms with Crippen LogP contribution in [0.1, 0.15) is 40.0 Å². The van der Waals surface area contributed by atoms with Gasteiger partial charge in [0.15, 0.2) is 0 Å². The molecule has 0 spiro atoms. The fourth-order valence-electron chi connectivity index (χ4n) is 2.43. The van der Waals surface area contributed by atoms with Gasteiger partial charge in [-0.1, -0.05) is 0 Å². The molecule has 1 fully saturated rings. The number of rotatable bonds is 6. The van der Waals surface area contributed by atoms with Crippen molar-refractivity contribution in [1.29, 1.82) is 0 Å². The second-order valence-corrected chi connectivity index (χ2v) is 7.49. The molecule has 7 nitrogen and oxygen atoms in total. The number of alkyl carbamates (subject to hydrolysis) is 1. The number of carbonyl (C=O) groups excluding carboxylic acids is 2. The fraction of sp³-hybridized carbons (Fsp3) is 0.800. The van der Waals surface area contributed by atoms with Crippen LogP contribution in [-0.2, 0) is 14.3 Å². The molecule has 2 atom stereocenters. The van der Waals surface area contributed by atoms with Gasteiger partial charge in [-0.25, -0.2) is 9.59 Å². The van der Waals surface area contributed by atoms with Crippen LogP contribution in [0.25, 0.3) is 0 Å². The zero-order valence-electron chi connectivity index (χ0n) is 14.1. The van der Waals surface area contributed by atoms with Crippen LogP contribution in [0.15, 0.2) is 0 Å². The van der Waals surface area contributed by atoms with E-state index in [1.54, 1.807) is 32.5 Å². The number of hydrogen-bond donors (Lipinski definition) is 2. The van der Waals surface area contributed by atoms with E-state index in [-0.39, 0.29) is 5.91 Å². The summed E-state index contributed by atoms with van der Waals surface area (Å²) in [6, 6.07) is -1.57. The molecule has 1 saturated heterocycles. The number of amides is 2. The number of likely N-dealkylation sites (tertiary alicyclic amines) is 1. The van der Waals surface area contributed by atoms with Crippen LogP contribution in [0.3, 0.4) is 0 Å². The molecule has 0 aromatic carbocycles. The van der Waals surface area contributed by atoms with Gasteiger partial charge in [0.2, 0.25) is 5.91 Å². The van der Waals surface area contributed by atoms with Gasteiger partial charge >= 0.3 is 12.1 Å². The third-order valence-electron chi connectivity index (χ3n) is 3.42. The molecule has 0 unspecified atom stereocenters. The van der Waals surface area contributed by atoms with E-state index in [0.29, 0.717) is 31.6 Å². The number of carboxylic acid groups (broad SMARTS) is 1. The first-order chi connectivity index (χ1) is 10.7. The minimum Gasteiger partial charge on any atom is -0.480 e. The number of nitrogens with zero attached hydrogens (tertiary/aromatic N) is 1. The van der Waals surface area contributed by atoms with Crippen LogP contribution in [-0.4, -0.2) is 64.2 Å². The molecule has 8 heteroatoms. The fourth-order valence-corrected chi connectivity index (χ4v) is 2.90. The number of aliphatic carboxylic acids is 1. The van der Waals surface area contributed by atoms with Crippen molar-refractivity contribution in [2.45, 2.75) is 57.7 Å². The highest BCUT2D eigenvalue weighted by Crippen LogP contribution is 2.20. The van der Waals surface area contributed by atoms with Crippen molar-refractivity contribution in [2.24, 2.45) is 0 Å².